The quantitative estimate of drug-likeness (QED) is 0.511. The van der Waals surface area contributed by atoms with Crippen LogP contribution < -0.4 is 0 Å². The molecule has 25 heavy (non-hydrogen) atoms. The topological polar surface area (TPSA) is 63.6 Å². The molecule has 0 amide bonds. The molecule has 0 aliphatic rings. The van der Waals surface area contributed by atoms with Gasteiger partial charge in [0.15, 0.2) is 6.10 Å². The largest absolute Gasteiger partial charge is 0.508 e. The maximum Gasteiger partial charge on any atom is 0.417 e. The number of carbonyl (C=O) groups excluding carboxylic acids is 2. The van der Waals surface area contributed by atoms with E-state index in [1.807, 2.05) is 0 Å². The molecule has 8 heteroatoms. The summed E-state index contributed by atoms with van der Waals surface area (Å²) in [5, 5.41) is 9.09. The smallest absolute Gasteiger partial charge is 0.417 e. The van der Waals surface area contributed by atoms with Gasteiger partial charge in [0.2, 0.25) is 5.78 Å². The third kappa shape index (κ3) is 4.14. The predicted octanol–water partition coefficient (Wildman–Crippen LogP) is 3.98. The molecule has 0 aliphatic carbocycles. The van der Waals surface area contributed by atoms with Crippen LogP contribution in [0.1, 0.15) is 33.2 Å². The Hall–Kier alpha value is -2.90. The molecule has 0 fully saturated rings. The maximum atomic E-state index is 13.6. The molecule has 2 aromatic carbocycles. The molecule has 0 saturated carbocycles. The van der Waals surface area contributed by atoms with Crippen LogP contribution in [0.4, 0.5) is 17.6 Å². The van der Waals surface area contributed by atoms with Crippen LogP contribution in [0.25, 0.3) is 0 Å². The van der Waals surface area contributed by atoms with Gasteiger partial charge in [-0.25, -0.2) is 9.18 Å². The lowest BCUT2D eigenvalue weighted by Gasteiger charge is -2.16. The summed E-state index contributed by atoms with van der Waals surface area (Å²) in [6.07, 6.45) is -6.32. The SMILES string of the molecule is CC(OC(=O)c1ccc(O)cc1F)C(=O)c1ccccc1C(F)(F)F. The number of phenols is 1. The van der Waals surface area contributed by atoms with Crippen molar-refractivity contribution in [3.63, 3.8) is 0 Å². The van der Waals surface area contributed by atoms with Crippen molar-refractivity contribution in [1.29, 1.82) is 0 Å². The first-order chi connectivity index (χ1) is 11.6. The summed E-state index contributed by atoms with van der Waals surface area (Å²) in [6.45, 7) is 1.09. The second kappa shape index (κ2) is 6.92. The molecule has 0 aliphatic heterocycles. The zero-order valence-corrected chi connectivity index (χ0v) is 12.8. The van der Waals surface area contributed by atoms with Crippen molar-refractivity contribution in [3.05, 3.63) is 65.0 Å². The highest BCUT2D eigenvalue weighted by molar-refractivity contribution is 6.02. The maximum absolute atomic E-state index is 13.6. The summed E-state index contributed by atoms with van der Waals surface area (Å²) in [5.41, 5.74) is -2.36. The van der Waals surface area contributed by atoms with E-state index in [2.05, 4.69) is 0 Å². The molecule has 0 bridgehead atoms. The van der Waals surface area contributed by atoms with Gasteiger partial charge in [0.1, 0.15) is 11.6 Å². The summed E-state index contributed by atoms with van der Waals surface area (Å²) in [4.78, 5) is 24.1. The van der Waals surface area contributed by atoms with Crippen molar-refractivity contribution in [2.24, 2.45) is 0 Å². The van der Waals surface area contributed by atoms with E-state index in [-0.39, 0.29) is 0 Å². The van der Waals surface area contributed by atoms with E-state index in [0.717, 1.165) is 37.3 Å². The average molecular weight is 356 g/mol. The van der Waals surface area contributed by atoms with Gasteiger partial charge in [-0.3, -0.25) is 4.79 Å². The van der Waals surface area contributed by atoms with Gasteiger partial charge < -0.3 is 9.84 Å². The standard InChI is InChI=1S/C17H12F4O4/c1-9(25-16(24)12-7-6-10(22)8-14(12)18)15(23)11-4-2-3-5-13(11)17(19,20)21/h2-9,22H,1H3. The first kappa shape index (κ1) is 18.4. The fraction of sp³-hybridized carbons (Fsp3) is 0.176. The van der Waals surface area contributed by atoms with Crippen LogP contribution in [0, 0.1) is 5.82 Å². The van der Waals surface area contributed by atoms with Crippen LogP contribution in [0.15, 0.2) is 42.5 Å². The Kier molecular flexibility index (Phi) is 5.10. The zero-order valence-electron chi connectivity index (χ0n) is 12.8. The number of aromatic hydroxyl groups is 1. The first-order valence-electron chi connectivity index (χ1n) is 7.01. The molecule has 0 heterocycles. The third-order valence-corrected chi connectivity index (χ3v) is 3.32. The normalized spacial score (nSPS) is 12.5. The number of alkyl halides is 3. The van der Waals surface area contributed by atoms with Crippen molar-refractivity contribution in [1.82, 2.24) is 0 Å². The Morgan fingerprint density at radius 2 is 1.72 bits per heavy atom. The van der Waals surface area contributed by atoms with Crippen LogP contribution >= 0.6 is 0 Å². The molecule has 132 valence electrons. The highest BCUT2D eigenvalue weighted by atomic mass is 19.4. The summed E-state index contributed by atoms with van der Waals surface area (Å²) in [5.74, 6) is -3.80. The number of rotatable bonds is 4. The van der Waals surface area contributed by atoms with E-state index < -0.39 is 52.3 Å². The minimum absolute atomic E-state index is 0.419. The lowest BCUT2D eigenvalue weighted by Crippen LogP contribution is -2.27. The molecule has 0 saturated heterocycles. The number of ether oxygens (including phenoxy) is 1. The van der Waals surface area contributed by atoms with E-state index >= 15 is 0 Å². The lowest BCUT2D eigenvalue weighted by atomic mass is 10.0. The van der Waals surface area contributed by atoms with Gasteiger partial charge in [0, 0.05) is 11.6 Å². The average Bonchev–Trinajstić information content (AvgIpc) is 2.53. The van der Waals surface area contributed by atoms with Crippen molar-refractivity contribution in [2.45, 2.75) is 19.2 Å². The Balaban J connectivity index is 2.23. The Labute approximate surface area is 139 Å². The van der Waals surface area contributed by atoms with Gasteiger partial charge in [-0.2, -0.15) is 13.2 Å². The Morgan fingerprint density at radius 1 is 1.08 bits per heavy atom. The summed E-state index contributed by atoms with van der Waals surface area (Å²) >= 11 is 0. The number of carbonyl (C=O) groups is 2. The van der Waals surface area contributed by atoms with Gasteiger partial charge in [-0.05, 0) is 25.1 Å². The Bertz CT molecular complexity index is 815. The van der Waals surface area contributed by atoms with Crippen LogP contribution in [-0.4, -0.2) is 23.0 Å². The van der Waals surface area contributed by atoms with E-state index in [1.165, 1.54) is 6.07 Å². The van der Waals surface area contributed by atoms with Crippen LogP contribution in [-0.2, 0) is 10.9 Å². The number of Topliss-reactive ketones (excluding diaryl/α,β-unsaturated/α-hetero) is 1. The van der Waals surface area contributed by atoms with E-state index in [9.17, 15) is 27.2 Å². The van der Waals surface area contributed by atoms with Crippen molar-refractivity contribution < 1.29 is 37.0 Å². The number of ketones is 1. The third-order valence-electron chi connectivity index (χ3n) is 3.32. The monoisotopic (exact) mass is 356 g/mol. The minimum atomic E-state index is -4.75. The van der Waals surface area contributed by atoms with Gasteiger partial charge in [0.25, 0.3) is 0 Å². The van der Waals surface area contributed by atoms with Gasteiger partial charge in [-0.15, -0.1) is 0 Å². The van der Waals surface area contributed by atoms with E-state index in [1.54, 1.807) is 0 Å². The summed E-state index contributed by atoms with van der Waals surface area (Å²) in [7, 11) is 0. The molecule has 1 N–H and O–H groups in total. The number of phenolic OH excluding ortho intramolecular Hbond substituents is 1. The highest BCUT2D eigenvalue weighted by Gasteiger charge is 2.36. The van der Waals surface area contributed by atoms with Crippen LogP contribution in [0.5, 0.6) is 5.75 Å². The number of benzene rings is 2. The number of halogens is 4. The molecule has 1 atom stereocenters. The number of esters is 1. The van der Waals surface area contributed by atoms with Crippen molar-refractivity contribution in [3.8, 4) is 5.75 Å². The van der Waals surface area contributed by atoms with Crippen LogP contribution in [0.2, 0.25) is 0 Å². The molecular formula is C17H12F4O4. The molecule has 2 aromatic rings. The molecule has 0 spiro atoms. The molecular weight excluding hydrogens is 344 g/mol. The fourth-order valence-corrected chi connectivity index (χ4v) is 2.11. The zero-order chi connectivity index (χ0) is 18.8. The highest BCUT2D eigenvalue weighted by Crippen LogP contribution is 2.32. The lowest BCUT2D eigenvalue weighted by molar-refractivity contribution is -0.137. The molecule has 1 unspecified atom stereocenters. The fourth-order valence-electron chi connectivity index (χ4n) is 2.11. The Morgan fingerprint density at radius 3 is 2.32 bits per heavy atom. The van der Waals surface area contributed by atoms with Crippen molar-refractivity contribution >= 4 is 11.8 Å². The van der Waals surface area contributed by atoms with Crippen molar-refractivity contribution in [2.75, 3.05) is 0 Å². The second-order valence-electron chi connectivity index (χ2n) is 5.12. The molecule has 4 nitrogen and oxygen atoms in total. The first-order valence-corrected chi connectivity index (χ1v) is 7.01. The molecule has 0 radical (unpaired) electrons. The molecule has 0 aromatic heterocycles. The molecule has 2 rings (SSSR count). The summed E-state index contributed by atoms with van der Waals surface area (Å²) in [6, 6.07) is 6.72. The van der Waals surface area contributed by atoms with E-state index in [0.29, 0.717) is 6.07 Å². The van der Waals surface area contributed by atoms with Gasteiger partial charge in [0.05, 0.1) is 11.1 Å². The van der Waals surface area contributed by atoms with Gasteiger partial charge in [-0.1, -0.05) is 18.2 Å². The predicted molar refractivity (Wildman–Crippen MR) is 78.7 cm³/mol. The van der Waals surface area contributed by atoms with E-state index in [4.69, 9.17) is 9.84 Å². The second-order valence-corrected chi connectivity index (χ2v) is 5.12. The number of hydrogen-bond donors (Lipinski definition) is 1. The number of hydrogen-bond acceptors (Lipinski definition) is 4. The van der Waals surface area contributed by atoms with Gasteiger partial charge >= 0.3 is 12.1 Å². The van der Waals surface area contributed by atoms with Crippen LogP contribution in [0.3, 0.4) is 0 Å². The summed E-state index contributed by atoms with van der Waals surface area (Å²) < 4.78 is 57.2. The minimum Gasteiger partial charge on any atom is -0.508 e.